The molecule has 0 unspecified atom stereocenters. The maximum atomic E-state index is 12.6. The Morgan fingerprint density at radius 3 is 2.39 bits per heavy atom. The van der Waals surface area contributed by atoms with Gasteiger partial charge in [0, 0.05) is 17.5 Å². The van der Waals surface area contributed by atoms with Gasteiger partial charge in [-0.25, -0.2) is 5.43 Å². The smallest absolute Gasteiger partial charge is 0.281 e. The van der Waals surface area contributed by atoms with Crippen LogP contribution in [-0.4, -0.2) is 28.5 Å². The third-order valence-electron chi connectivity index (χ3n) is 5.44. The molecule has 0 aliphatic rings. The summed E-state index contributed by atoms with van der Waals surface area (Å²) in [5.74, 6) is -1.48. The van der Waals surface area contributed by atoms with Crippen LogP contribution < -0.4 is 16.5 Å². The van der Waals surface area contributed by atoms with Crippen molar-refractivity contribution in [2.24, 2.45) is 10.8 Å². The molecular weight excluding hydrogens is 567 g/mol. The molecule has 5 N–H and O–H groups in total. The molecule has 12 heteroatoms. The maximum Gasteiger partial charge on any atom is 0.281 e. The molecular formula is C26H20Cl2N4O4S2. The van der Waals surface area contributed by atoms with E-state index in [1.165, 1.54) is 23.5 Å². The van der Waals surface area contributed by atoms with Gasteiger partial charge >= 0.3 is 0 Å². The zero-order valence-electron chi connectivity index (χ0n) is 19.7. The van der Waals surface area contributed by atoms with Gasteiger partial charge in [-0.3, -0.25) is 14.4 Å². The Hall–Kier alpha value is -3.70. The van der Waals surface area contributed by atoms with Gasteiger partial charge in [0.15, 0.2) is 0 Å². The molecule has 2 aromatic carbocycles. The molecule has 0 aliphatic carbocycles. The van der Waals surface area contributed by atoms with Crippen molar-refractivity contribution in [3.05, 3.63) is 96.5 Å². The quantitative estimate of drug-likeness (QED) is 0.156. The van der Waals surface area contributed by atoms with Crippen LogP contribution in [0.5, 0.6) is 5.75 Å². The zero-order valence-corrected chi connectivity index (χ0v) is 22.9. The molecule has 0 saturated carbocycles. The molecule has 2 heterocycles. The normalized spacial score (nSPS) is 11.3. The highest BCUT2D eigenvalue weighted by Gasteiger charge is 2.17. The fraction of sp³-hybridized carbons (Fsp3) is 0.0769. The summed E-state index contributed by atoms with van der Waals surface area (Å²) in [7, 11) is 0. The number of amides is 3. The average molecular weight is 588 g/mol. The lowest BCUT2D eigenvalue weighted by Crippen LogP contribution is -2.24. The third kappa shape index (κ3) is 6.05. The number of nitrogens with two attached hydrogens (primary N) is 1. The van der Waals surface area contributed by atoms with Crippen LogP contribution in [-0.2, 0) is 6.54 Å². The van der Waals surface area contributed by atoms with Gasteiger partial charge in [0.2, 0.25) is 5.91 Å². The van der Waals surface area contributed by atoms with Crippen molar-refractivity contribution >= 4 is 69.3 Å². The Balaban J connectivity index is 1.40. The molecule has 2 aromatic heterocycles. The number of carbonyl (C=O) groups is 3. The van der Waals surface area contributed by atoms with Crippen molar-refractivity contribution in [3.8, 4) is 16.2 Å². The number of benzene rings is 2. The van der Waals surface area contributed by atoms with E-state index in [2.05, 4.69) is 15.8 Å². The van der Waals surface area contributed by atoms with Gasteiger partial charge in [0.25, 0.3) is 11.8 Å². The second-order valence-electron chi connectivity index (χ2n) is 7.96. The highest BCUT2D eigenvalue weighted by molar-refractivity contribution is 7.16. The number of halogens is 2. The highest BCUT2D eigenvalue weighted by atomic mass is 35.5. The highest BCUT2D eigenvalue weighted by Crippen LogP contribution is 2.40. The number of aromatic hydroxyl groups is 1. The molecule has 0 atom stereocenters. The molecule has 0 fully saturated rings. The van der Waals surface area contributed by atoms with E-state index in [0.29, 0.717) is 47.8 Å². The SMILES string of the molecule is C/C(=N\NC(=O)c1ccc(C(=O)NCc2ccccc2C(N)=O)s1)c1csc(-c2ccc(Cl)c(Cl)c2)c1O. The van der Waals surface area contributed by atoms with E-state index in [0.717, 1.165) is 11.3 Å². The lowest BCUT2D eigenvalue weighted by Gasteiger charge is -2.07. The van der Waals surface area contributed by atoms with Crippen LogP contribution in [0, 0.1) is 0 Å². The van der Waals surface area contributed by atoms with Crippen LogP contribution in [0.1, 0.15) is 47.8 Å². The first-order valence-corrected chi connectivity index (χ1v) is 13.5. The topological polar surface area (TPSA) is 134 Å². The summed E-state index contributed by atoms with van der Waals surface area (Å²) in [5, 5.41) is 20.1. The summed E-state index contributed by atoms with van der Waals surface area (Å²) >= 11 is 14.4. The molecule has 0 spiro atoms. The number of primary amides is 1. The van der Waals surface area contributed by atoms with Gasteiger partial charge in [-0.05, 0) is 48.4 Å². The van der Waals surface area contributed by atoms with Crippen molar-refractivity contribution in [1.29, 1.82) is 0 Å². The predicted octanol–water partition coefficient (Wildman–Crippen LogP) is 5.67. The molecule has 0 radical (unpaired) electrons. The second-order valence-corrected chi connectivity index (χ2v) is 10.7. The Kier molecular flexibility index (Phi) is 8.48. The minimum Gasteiger partial charge on any atom is -0.506 e. The van der Waals surface area contributed by atoms with E-state index in [1.807, 2.05) is 0 Å². The zero-order chi connectivity index (χ0) is 27.4. The van der Waals surface area contributed by atoms with Crippen molar-refractivity contribution < 1.29 is 19.5 Å². The van der Waals surface area contributed by atoms with E-state index in [1.54, 1.807) is 54.8 Å². The summed E-state index contributed by atoms with van der Waals surface area (Å²) in [6, 6.07) is 14.8. The monoisotopic (exact) mass is 586 g/mol. The number of hydrogen-bond acceptors (Lipinski definition) is 7. The van der Waals surface area contributed by atoms with Gasteiger partial charge in [-0.15, -0.1) is 22.7 Å². The average Bonchev–Trinajstić information content (AvgIpc) is 3.55. The number of carbonyl (C=O) groups excluding carboxylic acids is 3. The van der Waals surface area contributed by atoms with Crippen molar-refractivity contribution in [3.63, 3.8) is 0 Å². The Bertz CT molecular complexity index is 1580. The van der Waals surface area contributed by atoms with E-state index in [4.69, 9.17) is 28.9 Å². The van der Waals surface area contributed by atoms with Gasteiger partial charge < -0.3 is 16.2 Å². The van der Waals surface area contributed by atoms with E-state index >= 15 is 0 Å². The molecule has 3 amide bonds. The Morgan fingerprint density at radius 2 is 1.68 bits per heavy atom. The summed E-state index contributed by atoms with van der Waals surface area (Å²) < 4.78 is 0. The summed E-state index contributed by atoms with van der Waals surface area (Å²) in [6.45, 7) is 1.76. The standard InChI is InChI=1S/C26H20Cl2N4O4S2/c1-13(17-12-37-23(22(17)33)14-6-7-18(27)19(28)10-14)31-32-26(36)21-9-8-20(38-21)25(35)30-11-15-4-2-3-5-16(15)24(29)34/h2-10,12,33H,11H2,1H3,(H2,29,34)(H,30,35)(H,32,36)/b31-13+. The van der Waals surface area contributed by atoms with E-state index < -0.39 is 17.7 Å². The minimum atomic E-state index is -0.581. The number of hydrazone groups is 1. The third-order valence-corrected chi connectivity index (χ3v) is 8.28. The number of hydrogen-bond donors (Lipinski definition) is 4. The number of thiophene rings is 2. The van der Waals surface area contributed by atoms with Gasteiger partial charge in [0.05, 0.1) is 36.0 Å². The number of nitrogens with zero attached hydrogens (tertiary/aromatic N) is 1. The molecule has 0 saturated heterocycles. The largest absolute Gasteiger partial charge is 0.506 e. The van der Waals surface area contributed by atoms with E-state index in [9.17, 15) is 19.5 Å². The molecule has 8 nitrogen and oxygen atoms in total. The van der Waals surface area contributed by atoms with Crippen LogP contribution >= 0.6 is 45.9 Å². The van der Waals surface area contributed by atoms with Gasteiger partial charge in [-0.2, -0.15) is 5.10 Å². The van der Waals surface area contributed by atoms with Crippen molar-refractivity contribution in [1.82, 2.24) is 10.7 Å². The molecule has 38 heavy (non-hydrogen) atoms. The van der Waals surface area contributed by atoms with Gasteiger partial charge in [-0.1, -0.05) is 47.5 Å². The molecule has 194 valence electrons. The first kappa shape index (κ1) is 27.3. The van der Waals surface area contributed by atoms with Gasteiger partial charge in [0.1, 0.15) is 5.75 Å². The Morgan fingerprint density at radius 1 is 0.974 bits per heavy atom. The maximum absolute atomic E-state index is 12.6. The first-order valence-electron chi connectivity index (χ1n) is 11.0. The Labute approximate surface area is 235 Å². The lowest BCUT2D eigenvalue weighted by molar-refractivity contribution is 0.0948. The van der Waals surface area contributed by atoms with Crippen molar-refractivity contribution in [2.45, 2.75) is 13.5 Å². The summed E-state index contributed by atoms with van der Waals surface area (Å²) in [5.41, 5.74) is 10.3. The molecule has 4 aromatic rings. The first-order chi connectivity index (χ1) is 18.2. The van der Waals surface area contributed by atoms with Crippen LogP contribution in [0.25, 0.3) is 10.4 Å². The van der Waals surface area contributed by atoms with Crippen LogP contribution in [0.2, 0.25) is 10.0 Å². The molecule has 0 aliphatic heterocycles. The second kappa shape index (κ2) is 11.8. The van der Waals surface area contributed by atoms with Crippen molar-refractivity contribution in [2.75, 3.05) is 0 Å². The number of rotatable bonds is 8. The minimum absolute atomic E-state index is 0.0110. The number of nitrogens with one attached hydrogen (secondary N) is 2. The van der Waals surface area contributed by atoms with E-state index in [-0.39, 0.29) is 17.2 Å². The molecule has 0 bridgehead atoms. The molecule has 4 rings (SSSR count). The summed E-state index contributed by atoms with van der Waals surface area (Å²) in [4.78, 5) is 37.9. The predicted molar refractivity (Wildman–Crippen MR) is 152 cm³/mol. The fourth-order valence-electron chi connectivity index (χ4n) is 3.46. The van der Waals surface area contributed by atoms with Crippen LogP contribution in [0.15, 0.2) is 65.1 Å². The van der Waals surface area contributed by atoms with Crippen LogP contribution in [0.3, 0.4) is 0 Å². The fourth-order valence-corrected chi connectivity index (χ4v) is 5.57. The lowest BCUT2D eigenvalue weighted by atomic mass is 10.1. The summed E-state index contributed by atoms with van der Waals surface area (Å²) in [6.07, 6.45) is 0. The van der Waals surface area contributed by atoms with Crippen LogP contribution in [0.4, 0.5) is 0 Å².